The summed E-state index contributed by atoms with van der Waals surface area (Å²) in [4.78, 5) is 20.0. The van der Waals surface area contributed by atoms with Crippen LogP contribution in [0.3, 0.4) is 0 Å². The van der Waals surface area contributed by atoms with Gasteiger partial charge in [-0.2, -0.15) is 5.10 Å². The second-order valence-electron chi connectivity index (χ2n) is 9.54. The minimum absolute atomic E-state index is 0.0927. The van der Waals surface area contributed by atoms with E-state index in [1.165, 1.54) is 18.4 Å². The third-order valence-corrected chi connectivity index (χ3v) is 7.15. The summed E-state index contributed by atoms with van der Waals surface area (Å²) in [6.07, 6.45) is 5.01. The maximum absolute atomic E-state index is 12.9. The zero-order valence-corrected chi connectivity index (χ0v) is 21.0. The number of piperidine rings is 1. The second-order valence-corrected chi connectivity index (χ2v) is 9.54. The Morgan fingerprint density at radius 2 is 1.83 bits per heavy atom. The Labute approximate surface area is 212 Å². The lowest BCUT2D eigenvalue weighted by molar-refractivity contribution is 0.0946. The van der Waals surface area contributed by atoms with E-state index in [0.717, 1.165) is 54.4 Å². The van der Waals surface area contributed by atoms with Crippen molar-refractivity contribution in [2.45, 2.75) is 32.7 Å². The lowest BCUT2D eigenvalue weighted by Crippen LogP contribution is -2.35. The van der Waals surface area contributed by atoms with E-state index >= 15 is 0 Å². The molecule has 1 saturated heterocycles. The number of fused-ring (bicyclic) bond motifs is 1. The first kappa shape index (κ1) is 24.0. The molecule has 7 heteroatoms. The van der Waals surface area contributed by atoms with Gasteiger partial charge in [0.05, 0.1) is 24.1 Å². The molecule has 36 heavy (non-hydrogen) atoms. The molecule has 0 radical (unpaired) electrons. The van der Waals surface area contributed by atoms with Crippen molar-refractivity contribution in [2.24, 2.45) is 5.92 Å². The highest BCUT2D eigenvalue weighted by Gasteiger charge is 2.20. The summed E-state index contributed by atoms with van der Waals surface area (Å²) >= 11 is 0. The molecule has 0 aliphatic carbocycles. The van der Waals surface area contributed by atoms with Gasteiger partial charge in [0.1, 0.15) is 5.75 Å². The van der Waals surface area contributed by atoms with Crippen LogP contribution >= 0.6 is 0 Å². The fourth-order valence-corrected chi connectivity index (χ4v) is 4.93. The number of amides is 1. The van der Waals surface area contributed by atoms with Gasteiger partial charge < -0.3 is 10.1 Å². The number of benzene rings is 2. The van der Waals surface area contributed by atoms with Crippen molar-refractivity contribution < 1.29 is 9.53 Å². The molecule has 0 bridgehead atoms. The summed E-state index contributed by atoms with van der Waals surface area (Å²) in [5.74, 6) is 1.36. The molecular weight excluding hydrogens is 450 g/mol. The van der Waals surface area contributed by atoms with Crippen LogP contribution < -0.4 is 10.1 Å². The van der Waals surface area contributed by atoms with E-state index < -0.39 is 0 Å². The summed E-state index contributed by atoms with van der Waals surface area (Å²) in [6.45, 7) is 5.84. The fraction of sp³-hybridized carbons (Fsp3) is 0.345. The number of likely N-dealkylation sites (tertiary alicyclic amines) is 1. The standard InChI is InChI=1S/C29H33N5O2/c1-21-26(19-31-28-18-27(32-34(21)28)24-8-10-25(36-2)11-9-24)29(35)30-15-12-22-13-16-33(17-14-22)20-23-6-4-3-5-7-23/h3-11,18-19,22H,12-17,20H2,1-2H3,(H,30,35). The van der Waals surface area contributed by atoms with Gasteiger partial charge >= 0.3 is 0 Å². The summed E-state index contributed by atoms with van der Waals surface area (Å²) in [6, 6.07) is 20.3. The van der Waals surface area contributed by atoms with Crippen LogP contribution in [0.4, 0.5) is 0 Å². The van der Waals surface area contributed by atoms with Gasteiger partial charge in [-0.15, -0.1) is 0 Å². The second kappa shape index (κ2) is 10.9. The summed E-state index contributed by atoms with van der Waals surface area (Å²) in [5, 5.41) is 7.81. The van der Waals surface area contributed by atoms with E-state index in [9.17, 15) is 4.79 Å². The van der Waals surface area contributed by atoms with Crippen molar-refractivity contribution in [3.8, 4) is 17.0 Å². The van der Waals surface area contributed by atoms with E-state index in [2.05, 4.69) is 45.5 Å². The van der Waals surface area contributed by atoms with Gasteiger partial charge in [-0.25, -0.2) is 9.50 Å². The Morgan fingerprint density at radius 1 is 1.08 bits per heavy atom. The van der Waals surface area contributed by atoms with E-state index in [1.807, 2.05) is 37.3 Å². The Morgan fingerprint density at radius 3 is 2.56 bits per heavy atom. The van der Waals surface area contributed by atoms with Gasteiger partial charge in [0.2, 0.25) is 0 Å². The van der Waals surface area contributed by atoms with Crippen LogP contribution in [0, 0.1) is 12.8 Å². The molecule has 2 aromatic heterocycles. The third-order valence-electron chi connectivity index (χ3n) is 7.15. The number of aromatic nitrogens is 3. The molecule has 1 aliphatic heterocycles. The van der Waals surface area contributed by atoms with Gasteiger partial charge in [0.25, 0.3) is 5.91 Å². The number of aryl methyl sites for hydroxylation is 1. The van der Waals surface area contributed by atoms with Crippen molar-refractivity contribution >= 4 is 11.6 Å². The molecular formula is C29H33N5O2. The molecule has 0 saturated carbocycles. The molecule has 7 nitrogen and oxygen atoms in total. The third kappa shape index (κ3) is 5.41. The van der Waals surface area contributed by atoms with Crippen LogP contribution in [0.15, 0.2) is 66.9 Å². The van der Waals surface area contributed by atoms with E-state index in [-0.39, 0.29) is 5.91 Å². The van der Waals surface area contributed by atoms with Crippen molar-refractivity contribution in [3.63, 3.8) is 0 Å². The quantitative estimate of drug-likeness (QED) is 0.392. The first-order valence-electron chi connectivity index (χ1n) is 12.6. The lowest BCUT2D eigenvalue weighted by Gasteiger charge is -2.32. The molecule has 186 valence electrons. The number of nitrogens with zero attached hydrogens (tertiary/aromatic N) is 4. The van der Waals surface area contributed by atoms with Crippen molar-refractivity contribution in [1.29, 1.82) is 0 Å². The monoisotopic (exact) mass is 483 g/mol. The molecule has 1 fully saturated rings. The van der Waals surface area contributed by atoms with Gasteiger partial charge in [0.15, 0.2) is 5.65 Å². The number of hydrogen-bond donors (Lipinski definition) is 1. The van der Waals surface area contributed by atoms with Crippen molar-refractivity contribution in [3.05, 3.63) is 83.7 Å². The number of rotatable bonds is 8. The lowest BCUT2D eigenvalue weighted by atomic mass is 9.93. The predicted molar refractivity (Wildman–Crippen MR) is 141 cm³/mol. The molecule has 1 N–H and O–H groups in total. The van der Waals surface area contributed by atoms with Crippen LogP contribution in [0.5, 0.6) is 5.75 Å². The average Bonchev–Trinajstić information content (AvgIpc) is 3.36. The predicted octanol–water partition coefficient (Wildman–Crippen LogP) is 4.75. The van der Waals surface area contributed by atoms with Gasteiger partial charge in [-0.05, 0) is 75.0 Å². The molecule has 2 aromatic carbocycles. The minimum atomic E-state index is -0.0927. The molecule has 5 rings (SSSR count). The van der Waals surface area contributed by atoms with Gasteiger partial charge in [0, 0.05) is 30.9 Å². The normalized spacial score (nSPS) is 14.7. The summed E-state index contributed by atoms with van der Waals surface area (Å²) in [5.41, 5.74) is 5.22. The van der Waals surface area contributed by atoms with Crippen LogP contribution in [0.2, 0.25) is 0 Å². The SMILES string of the molecule is COc1ccc(-c2cc3ncc(C(=O)NCCC4CCN(Cc5ccccc5)CC4)c(C)n3n2)cc1. The van der Waals surface area contributed by atoms with Crippen LogP contribution in [-0.2, 0) is 6.54 Å². The first-order valence-corrected chi connectivity index (χ1v) is 12.6. The Bertz CT molecular complexity index is 1310. The van der Waals surface area contributed by atoms with Crippen LogP contribution in [-0.4, -0.2) is 52.1 Å². The molecule has 3 heterocycles. The Kier molecular flexibility index (Phi) is 7.28. The topological polar surface area (TPSA) is 71.8 Å². The number of nitrogens with one attached hydrogen (secondary N) is 1. The number of hydrogen-bond acceptors (Lipinski definition) is 5. The zero-order valence-electron chi connectivity index (χ0n) is 21.0. The highest BCUT2D eigenvalue weighted by atomic mass is 16.5. The van der Waals surface area contributed by atoms with Crippen LogP contribution in [0.1, 0.15) is 40.9 Å². The molecule has 4 aromatic rings. The van der Waals surface area contributed by atoms with Crippen LogP contribution in [0.25, 0.3) is 16.9 Å². The maximum atomic E-state index is 12.9. The average molecular weight is 484 g/mol. The van der Waals surface area contributed by atoms with Gasteiger partial charge in [-0.3, -0.25) is 9.69 Å². The number of carbonyl (C=O) groups is 1. The molecule has 0 spiro atoms. The van der Waals surface area contributed by atoms with E-state index in [0.29, 0.717) is 18.0 Å². The summed E-state index contributed by atoms with van der Waals surface area (Å²) in [7, 11) is 1.65. The van der Waals surface area contributed by atoms with Gasteiger partial charge in [-0.1, -0.05) is 30.3 Å². The molecule has 0 atom stereocenters. The minimum Gasteiger partial charge on any atom is -0.497 e. The largest absolute Gasteiger partial charge is 0.497 e. The molecule has 1 amide bonds. The van der Waals surface area contributed by atoms with E-state index in [4.69, 9.17) is 9.84 Å². The number of methoxy groups -OCH3 is 1. The maximum Gasteiger partial charge on any atom is 0.254 e. The van der Waals surface area contributed by atoms with E-state index in [1.54, 1.807) is 17.8 Å². The molecule has 0 unspecified atom stereocenters. The van der Waals surface area contributed by atoms with Crippen molar-refractivity contribution in [1.82, 2.24) is 24.8 Å². The number of ether oxygens (including phenoxy) is 1. The number of carbonyl (C=O) groups excluding carboxylic acids is 1. The first-order chi connectivity index (χ1) is 17.6. The smallest absolute Gasteiger partial charge is 0.254 e. The summed E-state index contributed by atoms with van der Waals surface area (Å²) < 4.78 is 6.98. The zero-order chi connectivity index (χ0) is 24.9. The fourth-order valence-electron chi connectivity index (χ4n) is 4.93. The highest BCUT2D eigenvalue weighted by Crippen LogP contribution is 2.24. The Hall–Kier alpha value is -3.71. The Balaban J connectivity index is 1.14. The van der Waals surface area contributed by atoms with Crippen molar-refractivity contribution in [2.75, 3.05) is 26.7 Å². The highest BCUT2D eigenvalue weighted by molar-refractivity contribution is 5.95. The molecule has 1 aliphatic rings.